The molecule has 2 heterocycles. The highest BCUT2D eigenvalue weighted by Gasteiger charge is 2.24. The van der Waals surface area contributed by atoms with Crippen molar-refractivity contribution in [3.63, 3.8) is 0 Å². The molecule has 140 valence electrons. The summed E-state index contributed by atoms with van der Waals surface area (Å²) in [5.74, 6) is -0.200. The van der Waals surface area contributed by atoms with Gasteiger partial charge in [0.25, 0.3) is 0 Å². The summed E-state index contributed by atoms with van der Waals surface area (Å²) in [7, 11) is -3.24. The Kier molecular flexibility index (Phi) is 6.10. The van der Waals surface area contributed by atoms with E-state index in [4.69, 9.17) is 0 Å². The fraction of sp³-hybridized carbons (Fsp3) is 0.412. The zero-order chi connectivity index (χ0) is 18.6. The predicted octanol–water partition coefficient (Wildman–Crippen LogP) is 2.78. The van der Waals surface area contributed by atoms with E-state index in [0.29, 0.717) is 25.2 Å². The van der Waals surface area contributed by atoms with Gasteiger partial charge in [-0.3, -0.25) is 4.79 Å². The highest BCUT2D eigenvalue weighted by Crippen LogP contribution is 2.21. The monoisotopic (exact) mass is 440 g/mol. The van der Waals surface area contributed by atoms with Gasteiger partial charge in [-0.2, -0.15) is 5.10 Å². The zero-order valence-electron chi connectivity index (χ0n) is 14.3. The van der Waals surface area contributed by atoms with Crippen molar-refractivity contribution in [1.29, 1.82) is 0 Å². The Bertz CT molecular complexity index is 876. The van der Waals surface area contributed by atoms with Crippen LogP contribution in [0.1, 0.15) is 25.7 Å². The number of nitrogens with zero attached hydrogens (tertiary/aromatic N) is 3. The van der Waals surface area contributed by atoms with Gasteiger partial charge in [0.2, 0.25) is 15.9 Å². The first-order valence-corrected chi connectivity index (χ1v) is 10.9. The molecule has 1 fully saturated rings. The highest BCUT2D eigenvalue weighted by molar-refractivity contribution is 9.10. The molecule has 1 N–H and O–H groups in total. The van der Waals surface area contributed by atoms with Crippen LogP contribution in [0.2, 0.25) is 0 Å². The third-order valence-corrected chi connectivity index (χ3v) is 6.61. The third kappa shape index (κ3) is 4.72. The summed E-state index contributed by atoms with van der Waals surface area (Å²) in [6.45, 7) is 1.20. The summed E-state index contributed by atoms with van der Waals surface area (Å²) in [6.07, 6.45) is 5.76. The predicted molar refractivity (Wildman–Crippen MR) is 104 cm³/mol. The topological polar surface area (TPSA) is 84.3 Å². The molecule has 7 nitrogen and oxygen atoms in total. The number of hydrogen-bond donors (Lipinski definition) is 1. The maximum absolute atomic E-state index is 12.2. The first-order chi connectivity index (χ1) is 12.5. The van der Waals surface area contributed by atoms with Crippen molar-refractivity contribution >= 4 is 37.5 Å². The largest absolute Gasteiger partial charge is 0.324 e. The standard InChI is InChI=1S/C17H21BrN4O3S/c18-14-12-19-22(13-14)16-7-2-1-6-15(16)20-17(23)8-5-11-26(24,25)21-9-3-4-10-21/h1-2,6-7,12-13H,3-5,8-11H2,(H,20,23). The maximum atomic E-state index is 12.2. The Labute approximate surface area is 161 Å². The molecule has 0 aliphatic carbocycles. The number of carbonyl (C=O) groups excluding carboxylic acids is 1. The van der Waals surface area contributed by atoms with Gasteiger partial charge in [0.1, 0.15) is 0 Å². The van der Waals surface area contributed by atoms with E-state index in [-0.39, 0.29) is 18.1 Å². The molecule has 0 unspecified atom stereocenters. The van der Waals surface area contributed by atoms with Gasteiger partial charge in [0, 0.05) is 25.7 Å². The molecule has 9 heteroatoms. The number of benzene rings is 1. The molecule has 26 heavy (non-hydrogen) atoms. The van der Waals surface area contributed by atoms with E-state index in [1.807, 2.05) is 18.2 Å². The van der Waals surface area contributed by atoms with E-state index in [2.05, 4.69) is 26.3 Å². The Morgan fingerprint density at radius 1 is 1.23 bits per heavy atom. The van der Waals surface area contributed by atoms with Crippen LogP contribution in [0.4, 0.5) is 5.69 Å². The molecule has 3 rings (SSSR count). The molecule has 0 atom stereocenters. The van der Waals surface area contributed by atoms with Gasteiger partial charge in [0.05, 0.1) is 27.8 Å². The van der Waals surface area contributed by atoms with E-state index >= 15 is 0 Å². The van der Waals surface area contributed by atoms with E-state index < -0.39 is 10.0 Å². The second-order valence-electron chi connectivity index (χ2n) is 6.19. The molecule has 1 aromatic carbocycles. The van der Waals surface area contributed by atoms with Crippen LogP contribution in [0.25, 0.3) is 5.69 Å². The van der Waals surface area contributed by atoms with Crippen LogP contribution < -0.4 is 5.32 Å². The number of nitrogens with one attached hydrogen (secondary N) is 1. The minimum Gasteiger partial charge on any atom is -0.324 e. The van der Waals surface area contributed by atoms with Crippen LogP contribution >= 0.6 is 15.9 Å². The fourth-order valence-electron chi connectivity index (χ4n) is 2.93. The summed E-state index contributed by atoms with van der Waals surface area (Å²) in [4.78, 5) is 12.2. The van der Waals surface area contributed by atoms with Crippen molar-refractivity contribution in [2.45, 2.75) is 25.7 Å². The van der Waals surface area contributed by atoms with Gasteiger partial charge < -0.3 is 5.32 Å². The Balaban J connectivity index is 1.57. The van der Waals surface area contributed by atoms with Gasteiger partial charge in [-0.1, -0.05) is 12.1 Å². The molecule has 2 aromatic rings. The number of halogens is 1. The van der Waals surface area contributed by atoms with E-state index in [1.165, 1.54) is 4.31 Å². The molecular formula is C17H21BrN4O3S. The SMILES string of the molecule is O=C(CCCS(=O)(=O)N1CCCC1)Nc1ccccc1-n1cc(Br)cn1. The quantitative estimate of drug-likeness (QED) is 0.716. The first kappa shape index (κ1) is 19.1. The van der Waals surface area contributed by atoms with Crippen molar-refractivity contribution in [3.8, 4) is 5.69 Å². The van der Waals surface area contributed by atoms with Crippen molar-refractivity contribution in [1.82, 2.24) is 14.1 Å². The van der Waals surface area contributed by atoms with Crippen LogP contribution in [0, 0.1) is 0 Å². The second-order valence-corrected chi connectivity index (χ2v) is 9.20. The normalized spacial score (nSPS) is 15.3. The molecule has 1 amide bonds. The summed E-state index contributed by atoms with van der Waals surface area (Å²) in [6, 6.07) is 7.34. The Hall–Kier alpha value is -1.71. The number of anilines is 1. The van der Waals surface area contributed by atoms with Crippen LogP contribution in [0.15, 0.2) is 41.1 Å². The molecule has 1 aliphatic heterocycles. The smallest absolute Gasteiger partial charge is 0.224 e. The first-order valence-electron chi connectivity index (χ1n) is 8.53. The number of rotatable bonds is 7. The molecule has 0 radical (unpaired) electrons. The van der Waals surface area contributed by atoms with Crippen LogP contribution in [-0.2, 0) is 14.8 Å². The summed E-state index contributed by atoms with van der Waals surface area (Å²) in [5, 5.41) is 7.08. The van der Waals surface area contributed by atoms with Crippen molar-refractivity contribution in [2.75, 3.05) is 24.2 Å². The number of sulfonamides is 1. The molecule has 0 spiro atoms. The minimum absolute atomic E-state index is 0.00810. The molecular weight excluding hydrogens is 420 g/mol. The van der Waals surface area contributed by atoms with Gasteiger partial charge in [0.15, 0.2) is 0 Å². The van der Waals surface area contributed by atoms with Crippen LogP contribution in [-0.4, -0.2) is 47.3 Å². The zero-order valence-corrected chi connectivity index (χ0v) is 16.7. The number of carbonyl (C=O) groups is 1. The van der Waals surface area contributed by atoms with Crippen molar-refractivity contribution in [2.24, 2.45) is 0 Å². The average molecular weight is 441 g/mol. The van der Waals surface area contributed by atoms with E-state index in [9.17, 15) is 13.2 Å². The molecule has 1 aliphatic rings. The van der Waals surface area contributed by atoms with Crippen LogP contribution in [0.3, 0.4) is 0 Å². The van der Waals surface area contributed by atoms with E-state index in [1.54, 1.807) is 23.1 Å². The van der Waals surface area contributed by atoms with Crippen molar-refractivity contribution < 1.29 is 13.2 Å². The molecule has 0 saturated carbocycles. The number of amides is 1. The Morgan fingerprint density at radius 2 is 1.96 bits per heavy atom. The lowest BCUT2D eigenvalue weighted by atomic mass is 10.2. The number of para-hydroxylation sites is 2. The lowest BCUT2D eigenvalue weighted by molar-refractivity contribution is -0.116. The van der Waals surface area contributed by atoms with Gasteiger partial charge in [-0.15, -0.1) is 0 Å². The third-order valence-electron chi connectivity index (χ3n) is 4.24. The summed E-state index contributed by atoms with van der Waals surface area (Å²) < 4.78 is 28.4. The minimum atomic E-state index is -3.24. The summed E-state index contributed by atoms with van der Waals surface area (Å²) >= 11 is 3.35. The lowest BCUT2D eigenvalue weighted by Gasteiger charge is -2.15. The molecule has 1 aromatic heterocycles. The number of hydrogen-bond acceptors (Lipinski definition) is 4. The molecule has 0 bridgehead atoms. The fourth-order valence-corrected chi connectivity index (χ4v) is 4.80. The van der Waals surface area contributed by atoms with Gasteiger partial charge in [-0.25, -0.2) is 17.4 Å². The Morgan fingerprint density at radius 3 is 2.65 bits per heavy atom. The average Bonchev–Trinajstić information content (AvgIpc) is 3.27. The van der Waals surface area contributed by atoms with Crippen LogP contribution in [0.5, 0.6) is 0 Å². The highest BCUT2D eigenvalue weighted by atomic mass is 79.9. The summed E-state index contributed by atoms with van der Waals surface area (Å²) in [5.41, 5.74) is 1.38. The number of aromatic nitrogens is 2. The van der Waals surface area contributed by atoms with Gasteiger partial charge >= 0.3 is 0 Å². The van der Waals surface area contributed by atoms with Gasteiger partial charge in [-0.05, 0) is 47.3 Å². The molecule has 1 saturated heterocycles. The lowest BCUT2D eigenvalue weighted by Crippen LogP contribution is -2.30. The van der Waals surface area contributed by atoms with Crippen molar-refractivity contribution in [3.05, 3.63) is 41.1 Å². The maximum Gasteiger partial charge on any atom is 0.224 e. The second kappa shape index (κ2) is 8.32. The van der Waals surface area contributed by atoms with E-state index in [0.717, 1.165) is 23.0 Å².